The van der Waals surface area contributed by atoms with E-state index in [1.807, 2.05) is 12.1 Å². The van der Waals surface area contributed by atoms with E-state index < -0.39 is 4.92 Å². The normalized spacial score (nSPS) is 11.2. The summed E-state index contributed by atoms with van der Waals surface area (Å²) < 4.78 is 17.4. The van der Waals surface area contributed by atoms with Gasteiger partial charge in [-0.1, -0.05) is 12.1 Å². The smallest absolute Gasteiger partial charge is 0.358 e. The van der Waals surface area contributed by atoms with Gasteiger partial charge in [-0.05, 0) is 46.2 Å². The van der Waals surface area contributed by atoms with Crippen LogP contribution in [0.15, 0.2) is 73.7 Å². The summed E-state index contributed by atoms with van der Waals surface area (Å²) in [7, 11) is 0. The maximum Gasteiger partial charge on any atom is 0.381 e. The van der Waals surface area contributed by atoms with Gasteiger partial charge in [0.15, 0.2) is 5.65 Å². The zero-order valence-corrected chi connectivity index (χ0v) is 17.4. The third-order valence-electron chi connectivity index (χ3n) is 5.37. The first kappa shape index (κ1) is 20.4. The molecule has 0 N–H and O–H groups in total. The topological polar surface area (TPSA) is 105 Å². The molecule has 0 radical (unpaired) electrons. The zero-order valence-electron chi connectivity index (χ0n) is 17.4. The van der Waals surface area contributed by atoms with E-state index in [9.17, 15) is 14.5 Å². The maximum atomic E-state index is 13.6. The van der Waals surface area contributed by atoms with E-state index in [2.05, 4.69) is 24.5 Å². The molecule has 5 aromatic rings. The molecule has 4 heterocycles. The quantitative estimate of drug-likeness (QED) is 0.271. The van der Waals surface area contributed by atoms with Gasteiger partial charge >= 0.3 is 5.82 Å². The Morgan fingerprint density at radius 3 is 2.39 bits per heavy atom. The van der Waals surface area contributed by atoms with E-state index in [4.69, 9.17) is 0 Å². The number of rotatable bonds is 7. The largest absolute Gasteiger partial charge is 0.381 e. The first-order chi connectivity index (χ1) is 16.1. The molecule has 164 valence electrons. The predicted octanol–water partition coefficient (Wildman–Crippen LogP) is 4.49. The van der Waals surface area contributed by atoms with Crippen LogP contribution in [0.2, 0.25) is 0 Å². The number of aryl methyl sites for hydroxylation is 2. The second kappa shape index (κ2) is 8.58. The van der Waals surface area contributed by atoms with Crippen molar-refractivity contribution in [2.45, 2.75) is 19.5 Å². The molecule has 0 aliphatic rings. The molecule has 0 saturated heterocycles. The Morgan fingerprint density at radius 2 is 1.67 bits per heavy atom. The van der Waals surface area contributed by atoms with Crippen molar-refractivity contribution in [3.63, 3.8) is 0 Å². The number of hydrogen-bond acceptors (Lipinski definition) is 6. The van der Waals surface area contributed by atoms with Gasteiger partial charge in [0.1, 0.15) is 17.5 Å². The van der Waals surface area contributed by atoms with Gasteiger partial charge in [0.25, 0.3) is 0 Å². The van der Waals surface area contributed by atoms with Crippen LogP contribution in [0.4, 0.5) is 10.2 Å². The van der Waals surface area contributed by atoms with Crippen LogP contribution in [0.25, 0.3) is 33.5 Å². The van der Waals surface area contributed by atoms with Crippen molar-refractivity contribution in [3.8, 4) is 22.4 Å². The van der Waals surface area contributed by atoms with Gasteiger partial charge in [0.2, 0.25) is 6.33 Å². The number of fused-ring (bicyclic) bond motifs is 1. The Hall–Kier alpha value is -4.47. The fourth-order valence-electron chi connectivity index (χ4n) is 3.95. The van der Waals surface area contributed by atoms with Gasteiger partial charge in [-0.15, -0.1) is 0 Å². The van der Waals surface area contributed by atoms with E-state index in [1.165, 1.54) is 24.7 Å². The van der Waals surface area contributed by atoms with Gasteiger partial charge in [0, 0.05) is 49.0 Å². The predicted molar refractivity (Wildman–Crippen MR) is 120 cm³/mol. The third-order valence-corrected chi connectivity index (χ3v) is 5.37. The highest BCUT2D eigenvalue weighted by Crippen LogP contribution is 2.39. The molecule has 0 spiro atoms. The van der Waals surface area contributed by atoms with E-state index in [0.29, 0.717) is 30.7 Å². The van der Waals surface area contributed by atoms with Gasteiger partial charge in [-0.3, -0.25) is 9.97 Å². The molecule has 1 aromatic carbocycles. The van der Waals surface area contributed by atoms with Crippen LogP contribution in [0.1, 0.15) is 6.42 Å². The fourth-order valence-corrected chi connectivity index (χ4v) is 3.95. The molecule has 0 aliphatic heterocycles. The van der Waals surface area contributed by atoms with Crippen molar-refractivity contribution < 1.29 is 9.31 Å². The SMILES string of the molecule is O=[N+]([O-])c1cn(CCCn2c(-c3ccncc3)c(-c3ccc(F)cc3)c3nccnc32)cn1. The molecule has 0 atom stereocenters. The van der Waals surface area contributed by atoms with Gasteiger partial charge < -0.3 is 19.2 Å². The Morgan fingerprint density at radius 1 is 0.909 bits per heavy atom. The lowest BCUT2D eigenvalue weighted by Crippen LogP contribution is -2.05. The summed E-state index contributed by atoms with van der Waals surface area (Å²) in [6.45, 7) is 1.13. The Labute approximate surface area is 187 Å². The molecule has 5 rings (SSSR count). The monoisotopic (exact) mass is 443 g/mol. The lowest BCUT2D eigenvalue weighted by Gasteiger charge is -2.12. The van der Waals surface area contributed by atoms with Crippen molar-refractivity contribution in [1.82, 2.24) is 29.1 Å². The van der Waals surface area contributed by atoms with Crippen molar-refractivity contribution in [3.05, 3.63) is 89.6 Å². The highest BCUT2D eigenvalue weighted by atomic mass is 19.1. The second-order valence-electron chi connectivity index (χ2n) is 7.43. The number of imidazole rings is 1. The van der Waals surface area contributed by atoms with Crippen LogP contribution in [-0.4, -0.2) is 34.0 Å². The van der Waals surface area contributed by atoms with Crippen LogP contribution >= 0.6 is 0 Å². The fraction of sp³-hybridized carbons (Fsp3) is 0.130. The first-order valence-electron chi connectivity index (χ1n) is 10.3. The summed E-state index contributed by atoms with van der Waals surface area (Å²) in [6, 6.07) is 10.2. The molecule has 0 fully saturated rings. The average molecular weight is 443 g/mol. The van der Waals surface area contributed by atoms with Crippen LogP contribution in [-0.2, 0) is 13.1 Å². The zero-order chi connectivity index (χ0) is 22.8. The number of aromatic nitrogens is 6. The molecule has 4 aromatic heterocycles. The molecule has 0 aliphatic carbocycles. The molecule has 0 bridgehead atoms. The third kappa shape index (κ3) is 3.93. The van der Waals surface area contributed by atoms with E-state index in [1.54, 1.807) is 41.5 Å². The maximum absolute atomic E-state index is 13.6. The molecule has 0 saturated carbocycles. The summed E-state index contributed by atoms with van der Waals surface area (Å²) in [5.41, 5.74) is 4.96. The Bertz CT molecular complexity index is 1430. The van der Waals surface area contributed by atoms with E-state index in [0.717, 1.165) is 22.4 Å². The number of hydrogen-bond donors (Lipinski definition) is 0. The molecule has 33 heavy (non-hydrogen) atoms. The number of halogens is 1. The Balaban J connectivity index is 1.59. The number of nitro groups is 1. The van der Waals surface area contributed by atoms with Crippen LogP contribution < -0.4 is 0 Å². The molecular weight excluding hydrogens is 425 g/mol. The molecule has 0 amide bonds. The average Bonchev–Trinajstić information content (AvgIpc) is 3.44. The van der Waals surface area contributed by atoms with Gasteiger partial charge in [0.05, 0.1) is 5.69 Å². The van der Waals surface area contributed by atoms with Crippen molar-refractivity contribution in [1.29, 1.82) is 0 Å². The molecule has 10 heteroatoms. The minimum Gasteiger partial charge on any atom is -0.358 e. The minimum atomic E-state index is -0.512. The summed E-state index contributed by atoms with van der Waals surface area (Å²) >= 11 is 0. The van der Waals surface area contributed by atoms with Crippen LogP contribution in [0.5, 0.6) is 0 Å². The highest BCUT2D eigenvalue weighted by molar-refractivity contribution is 6.00. The van der Waals surface area contributed by atoms with Crippen molar-refractivity contribution >= 4 is 17.0 Å². The van der Waals surface area contributed by atoms with Crippen molar-refractivity contribution in [2.75, 3.05) is 0 Å². The standard InChI is InChI=1S/C23H18FN7O2/c24-18-4-2-16(3-5-18)20-21-23(27-11-10-26-21)30(22(20)17-6-8-25-9-7-17)13-1-12-29-14-19(28-15-29)31(32)33/h2-11,14-15H,1,12-13H2. The number of nitrogens with zero attached hydrogens (tertiary/aromatic N) is 7. The van der Waals surface area contributed by atoms with Crippen molar-refractivity contribution in [2.24, 2.45) is 0 Å². The lowest BCUT2D eigenvalue weighted by molar-refractivity contribution is -0.389. The first-order valence-corrected chi connectivity index (χ1v) is 10.3. The summed E-state index contributed by atoms with van der Waals surface area (Å²) in [5.74, 6) is -0.489. The van der Waals surface area contributed by atoms with Crippen LogP contribution in [0, 0.1) is 15.9 Å². The van der Waals surface area contributed by atoms with Gasteiger partial charge in [-0.25, -0.2) is 9.37 Å². The summed E-state index contributed by atoms with van der Waals surface area (Å²) in [4.78, 5) is 27.5. The number of pyridine rings is 1. The number of benzene rings is 1. The Kier molecular flexibility index (Phi) is 5.31. The van der Waals surface area contributed by atoms with Gasteiger partial charge in [-0.2, -0.15) is 0 Å². The second-order valence-corrected chi connectivity index (χ2v) is 7.43. The minimum absolute atomic E-state index is 0.177. The highest BCUT2D eigenvalue weighted by Gasteiger charge is 2.22. The lowest BCUT2D eigenvalue weighted by atomic mass is 10.0. The summed E-state index contributed by atoms with van der Waals surface area (Å²) in [5, 5.41) is 10.9. The molecule has 9 nitrogen and oxygen atoms in total. The molecular formula is C23H18FN7O2. The van der Waals surface area contributed by atoms with E-state index in [-0.39, 0.29) is 11.6 Å². The molecule has 0 unspecified atom stereocenters. The summed E-state index contributed by atoms with van der Waals surface area (Å²) in [6.07, 6.45) is 10.3. The van der Waals surface area contributed by atoms with Crippen LogP contribution in [0.3, 0.4) is 0 Å². The van der Waals surface area contributed by atoms with E-state index >= 15 is 0 Å².